The first-order chi connectivity index (χ1) is 12.0. The van der Waals surface area contributed by atoms with Gasteiger partial charge in [0.1, 0.15) is 0 Å². The van der Waals surface area contributed by atoms with E-state index in [1.807, 2.05) is 41.3 Å². The average Bonchev–Trinajstić information content (AvgIpc) is 3.36. The lowest BCUT2D eigenvalue weighted by Gasteiger charge is -2.28. The van der Waals surface area contributed by atoms with Gasteiger partial charge >= 0.3 is 0 Å². The second-order valence-corrected chi connectivity index (χ2v) is 9.94. The van der Waals surface area contributed by atoms with Crippen LogP contribution in [0.1, 0.15) is 19.3 Å². The van der Waals surface area contributed by atoms with Crippen molar-refractivity contribution in [2.45, 2.75) is 36.4 Å². The van der Waals surface area contributed by atoms with Gasteiger partial charge in [-0.05, 0) is 31.4 Å². The zero-order valence-electron chi connectivity index (χ0n) is 13.8. The highest BCUT2D eigenvalue weighted by molar-refractivity contribution is 7.99. The Balaban J connectivity index is 1.44. The number of para-hydroxylation sites is 1. The van der Waals surface area contributed by atoms with Crippen molar-refractivity contribution in [3.05, 3.63) is 36.4 Å². The number of carbonyl (C=O) groups excluding carboxylic acids is 1. The molecule has 2 aliphatic rings. The van der Waals surface area contributed by atoms with Crippen molar-refractivity contribution in [1.82, 2.24) is 9.88 Å². The second kappa shape index (κ2) is 6.61. The van der Waals surface area contributed by atoms with Gasteiger partial charge in [0.25, 0.3) is 0 Å². The summed E-state index contributed by atoms with van der Waals surface area (Å²) in [5.41, 5.74) is 0.917. The molecule has 2 fully saturated rings. The smallest absolute Gasteiger partial charge is 0.233 e. The Labute approximate surface area is 151 Å². The summed E-state index contributed by atoms with van der Waals surface area (Å²) in [6.45, 7) is 0. The van der Waals surface area contributed by atoms with Crippen molar-refractivity contribution in [2.75, 3.05) is 17.3 Å². The number of benzene rings is 1. The molecule has 1 aromatic heterocycles. The quantitative estimate of drug-likeness (QED) is 0.750. The number of nitrogens with zero attached hydrogens (tertiary/aromatic N) is 2. The van der Waals surface area contributed by atoms with Crippen LogP contribution in [0.2, 0.25) is 0 Å². The lowest BCUT2D eigenvalue weighted by Crippen LogP contribution is -2.43. The Hall–Kier alpha value is -1.60. The van der Waals surface area contributed by atoms with E-state index in [4.69, 9.17) is 0 Å². The van der Waals surface area contributed by atoms with Crippen LogP contribution in [0.15, 0.2) is 41.4 Å². The van der Waals surface area contributed by atoms with Crippen molar-refractivity contribution in [1.29, 1.82) is 0 Å². The predicted octanol–water partition coefficient (Wildman–Crippen LogP) is 2.50. The monoisotopic (exact) mass is 376 g/mol. The third kappa shape index (κ3) is 3.82. The molecule has 1 aliphatic heterocycles. The highest BCUT2D eigenvalue weighted by Gasteiger charge is 2.41. The zero-order chi connectivity index (χ0) is 17.4. The standard InChI is InChI=1S/C18H20N2O3S2/c21-18(20(14-6-7-14)15-9-10-25(22,23)12-15)11-24-17-8-5-13-3-1-2-4-16(13)19-17/h1-5,8,14-15H,6-7,9-12H2/t15-/m0/s1. The largest absolute Gasteiger partial charge is 0.335 e. The van der Waals surface area contributed by atoms with Crippen LogP contribution < -0.4 is 0 Å². The van der Waals surface area contributed by atoms with Crippen molar-refractivity contribution in [2.24, 2.45) is 0 Å². The van der Waals surface area contributed by atoms with Gasteiger partial charge in [-0.25, -0.2) is 13.4 Å². The molecule has 2 heterocycles. The van der Waals surface area contributed by atoms with Gasteiger partial charge in [0.05, 0.1) is 27.8 Å². The summed E-state index contributed by atoms with van der Waals surface area (Å²) in [6, 6.07) is 11.9. The average molecular weight is 377 g/mol. The fourth-order valence-corrected chi connectivity index (χ4v) is 5.85. The highest BCUT2D eigenvalue weighted by atomic mass is 32.2. The molecule has 0 N–H and O–H groups in total. The molecule has 5 nitrogen and oxygen atoms in total. The number of amides is 1. The summed E-state index contributed by atoms with van der Waals surface area (Å²) in [6.07, 6.45) is 2.55. The van der Waals surface area contributed by atoms with Gasteiger partial charge in [0.2, 0.25) is 5.91 Å². The summed E-state index contributed by atoms with van der Waals surface area (Å²) < 4.78 is 23.5. The lowest BCUT2D eigenvalue weighted by molar-refractivity contribution is -0.130. The second-order valence-electron chi connectivity index (χ2n) is 6.72. The normalized spacial score (nSPS) is 22.2. The summed E-state index contributed by atoms with van der Waals surface area (Å²) in [5, 5.41) is 1.90. The SMILES string of the molecule is O=C(CSc1ccc2ccccc2n1)N(C1CC1)[C@H]1CCS(=O)(=O)C1. The molecule has 0 unspecified atom stereocenters. The van der Waals surface area contributed by atoms with Crippen LogP contribution in [0.4, 0.5) is 0 Å². The number of hydrogen-bond donors (Lipinski definition) is 0. The van der Waals surface area contributed by atoms with E-state index in [2.05, 4.69) is 4.98 Å². The lowest BCUT2D eigenvalue weighted by atomic mass is 10.2. The van der Waals surface area contributed by atoms with Gasteiger partial charge in [-0.1, -0.05) is 36.0 Å². The first kappa shape index (κ1) is 16.8. The summed E-state index contributed by atoms with van der Waals surface area (Å²) in [4.78, 5) is 19.2. The number of rotatable bonds is 5. The molecule has 2 aromatic rings. The Morgan fingerprint density at radius 1 is 1.12 bits per heavy atom. The number of sulfone groups is 1. The van der Waals surface area contributed by atoms with Crippen LogP contribution >= 0.6 is 11.8 Å². The third-order valence-electron chi connectivity index (χ3n) is 4.75. The molecule has 0 spiro atoms. The molecule has 25 heavy (non-hydrogen) atoms. The van der Waals surface area contributed by atoms with Crippen molar-refractivity contribution in [3.63, 3.8) is 0 Å². The summed E-state index contributed by atoms with van der Waals surface area (Å²) in [5.74, 6) is 0.657. The van der Waals surface area contributed by atoms with Crippen molar-refractivity contribution < 1.29 is 13.2 Å². The van der Waals surface area contributed by atoms with Crippen LogP contribution in [0.3, 0.4) is 0 Å². The Kier molecular flexibility index (Phi) is 4.45. The van der Waals surface area contributed by atoms with E-state index in [-0.39, 0.29) is 29.5 Å². The molecule has 1 aromatic carbocycles. The van der Waals surface area contributed by atoms with Gasteiger partial charge in [0, 0.05) is 17.5 Å². The van der Waals surface area contributed by atoms with Crippen LogP contribution in [-0.4, -0.2) is 53.6 Å². The van der Waals surface area contributed by atoms with Gasteiger partial charge in [-0.2, -0.15) is 0 Å². The maximum Gasteiger partial charge on any atom is 0.233 e. The molecule has 1 amide bonds. The van der Waals surface area contributed by atoms with E-state index in [0.717, 1.165) is 28.8 Å². The predicted molar refractivity (Wildman–Crippen MR) is 99.4 cm³/mol. The van der Waals surface area contributed by atoms with E-state index in [1.165, 1.54) is 11.8 Å². The molecular weight excluding hydrogens is 356 g/mol. The zero-order valence-corrected chi connectivity index (χ0v) is 15.4. The summed E-state index contributed by atoms with van der Waals surface area (Å²) >= 11 is 1.42. The number of fused-ring (bicyclic) bond motifs is 1. The molecular formula is C18H20N2O3S2. The molecule has 1 aliphatic carbocycles. The molecule has 1 atom stereocenters. The third-order valence-corrected chi connectivity index (χ3v) is 7.41. The van der Waals surface area contributed by atoms with Crippen LogP contribution in [-0.2, 0) is 14.6 Å². The van der Waals surface area contributed by atoms with Gasteiger partial charge in [-0.15, -0.1) is 0 Å². The Morgan fingerprint density at radius 2 is 1.92 bits per heavy atom. The topological polar surface area (TPSA) is 67.3 Å². The Bertz CT molecular complexity index is 909. The first-order valence-corrected chi connectivity index (χ1v) is 11.3. The molecule has 7 heteroatoms. The maximum absolute atomic E-state index is 12.7. The number of pyridine rings is 1. The molecule has 0 radical (unpaired) electrons. The minimum absolute atomic E-state index is 0.0320. The van der Waals surface area contributed by atoms with Crippen LogP contribution in [0.5, 0.6) is 0 Å². The maximum atomic E-state index is 12.7. The number of thioether (sulfide) groups is 1. The molecule has 4 rings (SSSR count). The van der Waals surface area contributed by atoms with Crippen LogP contribution in [0.25, 0.3) is 10.9 Å². The fraction of sp³-hybridized carbons (Fsp3) is 0.444. The molecule has 1 saturated heterocycles. The van der Waals surface area contributed by atoms with E-state index in [0.29, 0.717) is 12.2 Å². The fourth-order valence-electron chi connectivity index (χ4n) is 3.39. The molecule has 132 valence electrons. The number of carbonyl (C=O) groups is 1. The highest BCUT2D eigenvalue weighted by Crippen LogP contribution is 2.33. The van der Waals surface area contributed by atoms with Gasteiger partial charge < -0.3 is 4.90 Å². The molecule has 1 saturated carbocycles. The van der Waals surface area contributed by atoms with Gasteiger partial charge in [0.15, 0.2) is 9.84 Å². The minimum atomic E-state index is -2.98. The summed E-state index contributed by atoms with van der Waals surface area (Å²) in [7, 11) is -2.98. The van der Waals surface area contributed by atoms with Crippen LogP contribution in [0, 0.1) is 0 Å². The first-order valence-electron chi connectivity index (χ1n) is 8.52. The number of hydrogen-bond acceptors (Lipinski definition) is 5. The number of aromatic nitrogens is 1. The minimum Gasteiger partial charge on any atom is -0.335 e. The van der Waals surface area contributed by atoms with Crippen molar-refractivity contribution >= 4 is 38.4 Å². The van der Waals surface area contributed by atoms with E-state index in [9.17, 15) is 13.2 Å². The van der Waals surface area contributed by atoms with E-state index >= 15 is 0 Å². The van der Waals surface area contributed by atoms with E-state index in [1.54, 1.807) is 0 Å². The van der Waals surface area contributed by atoms with Gasteiger partial charge in [-0.3, -0.25) is 4.79 Å². The van der Waals surface area contributed by atoms with E-state index < -0.39 is 9.84 Å². The van der Waals surface area contributed by atoms with Crippen molar-refractivity contribution in [3.8, 4) is 0 Å². The molecule has 0 bridgehead atoms. The Morgan fingerprint density at radius 3 is 2.64 bits per heavy atom.